The summed E-state index contributed by atoms with van der Waals surface area (Å²) in [5.74, 6) is -0.644. The summed E-state index contributed by atoms with van der Waals surface area (Å²) in [4.78, 5) is 26.2. The number of hydrogen-bond acceptors (Lipinski definition) is 6. The summed E-state index contributed by atoms with van der Waals surface area (Å²) >= 11 is 0. The molecule has 9 nitrogen and oxygen atoms in total. The van der Waals surface area contributed by atoms with Crippen LogP contribution in [0.3, 0.4) is 0 Å². The summed E-state index contributed by atoms with van der Waals surface area (Å²) in [6.07, 6.45) is -0.372. The number of hydrogen-bond donors (Lipinski definition) is 2. The SMILES string of the molecule is CN1CC(CCNS(=O)(=O)c2ccc3[nH]c(=O)oc3c2)OC1=O. The fourth-order valence-corrected chi connectivity index (χ4v) is 3.39. The smallest absolute Gasteiger partial charge is 0.417 e. The summed E-state index contributed by atoms with van der Waals surface area (Å²) < 4.78 is 36.8. The van der Waals surface area contributed by atoms with E-state index in [0.717, 1.165) is 0 Å². The first-order chi connectivity index (χ1) is 10.8. The second-order valence-electron chi connectivity index (χ2n) is 5.25. The number of ether oxygens (including phenoxy) is 1. The lowest BCUT2D eigenvalue weighted by atomic mass is 10.2. The quantitative estimate of drug-likeness (QED) is 0.803. The Balaban J connectivity index is 1.66. The lowest BCUT2D eigenvalue weighted by Gasteiger charge is -2.09. The largest absolute Gasteiger partial charge is 0.444 e. The summed E-state index contributed by atoms with van der Waals surface area (Å²) in [5, 5.41) is 0. The van der Waals surface area contributed by atoms with Crippen molar-refractivity contribution in [2.45, 2.75) is 17.4 Å². The number of amides is 1. The molecule has 23 heavy (non-hydrogen) atoms. The number of H-pyrrole nitrogens is 1. The molecule has 1 aromatic carbocycles. The van der Waals surface area contributed by atoms with E-state index in [2.05, 4.69) is 9.71 Å². The van der Waals surface area contributed by atoms with Crippen molar-refractivity contribution in [3.63, 3.8) is 0 Å². The van der Waals surface area contributed by atoms with Crippen molar-refractivity contribution in [3.05, 3.63) is 28.7 Å². The Labute approximate surface area is 131 Å². The summed E-state index contributed by atoms with van der Waals surface area (Å²) in [5.41, 5.74) is 0.596. The van der Waals surface area contributed by atoms with Gasteiger partial charge in [-0.3, -0.25) is 4.98 Å². The zero-order chi connectivity index (χ0) is 16.6. The van der Waals surface area contributed by atoms with Gasteiger partial charge in [-0.15, -0.1) is 0 Å². The lowest BCUT2D eigenvalue weighted by Crippen LogP contribution is -2.28. The minimum absolute atomic E-state index is 0.00622. The molecule has 1 aliphatic rings. The molecule has 2 N–H and O–H groups in total. The monoisotopic (exact) mass is 341 g/mol. The van der Waals surface area contributed by atoms with Crippen LogP contribution in [0.25, 0.3) is 11.1 Å². The molecule has 1 amide bonds. The number of fused-ring (bicyclic) bond motifs is 1. The van der Waals surface area contributed by atoms with Crippen molar-refractivity contribution >= 4 is 27.2 Å². The summed E-state index contributed by atoms with van der Waals surface area (Å²) in [6.45, 7) is 0.560. The van der Waals surface area contributed by atoms with E-state index in [-0.39, 0.29) is 23.1 Å². The average molecular weight is 341 g/mol. The molecule has 10 heteroatoms. The van der Waals surface area contributed by atoms with Crippen molar-refractivity contribution < 1.29 is 22.4 Å². The first-order valence-electron chi connectivity index (χ1n) is 6.89. The number of carbonyl (C=O) groups excluding carboxylic acids is 1. The zero-order valence-corrected chi connectivity index (χ0v) is 13.1. The number of likely N-dealkylation sites (N-methyl/N-ethyl adjacent to an activating group) is 1. The minimum atomic E-state index is -3.74. The van der Waals surface area contributed by atoms with Crippen LogP contribution in [0.4, 0.5) is 4.79 Å². The third kappa shape index (κ3) is 3.22. The van der Waals surface area contributed by atoms with E-state index in [9.17, 15) is 18.0 Å². The molecule has 1 saturated heterocycles. The van der Waals surface area contributed by atoms with Gasteiger partial charge in [-0.1, -0.05) is 0 Å². The van der Waals surface area contributed by atoms with Crippen molar-refractivity contribution in [2.24, 2.45) is 0 Å². The van der Waals surface area contributed by atoms with Crippen molar-refractivity contribution in [1.29, 1.82) is 0 Å². The molecule has 1 aliphatic heterocycles. The second kappa shape index (κ2) is 5.70. The predicted octanol–water partition coefficient (Wildman–Crippen LogP) is 0.240. The van der Waals surface area contributed by atoms with E-state index < -0.39 is 21.9 Å². The molecular weight excluding hydrogens is 326 g/mol. The summed E-state index contributed by atoms with van der Waals surface area (Å²) in [7, 11) is -2.12. The highest BCUT2D eigenvalue weighted by Crippen LogP contribution is 2.17. The highest BCUT2D eigenvalue weighted by Gasteiger charge is 2.28. The highest BCUT2D eigenvalue weighted by atomic mass is 32.2. The van der Waals surface area contributed by atoms with Crippen LogP contribution in [-0.2, 0) is 14.8 Å². The molecule has 1 aromatic heterocycles. The third-order valence-corrected chi connectivity index (χ3v) is 4.98. The molecule has 1 atom stereocenters. The maximum atomic E-state index is 12.2. The van der Waals surface area contributed by atoms with Gasteiger partial charge >= 0.3 is 11.8 Å². The average Bonchev–Trinajstić information content (AvgIpc) is 2.99. The molecule has 124 valence electrons. The van der Waals surface area contributed by atoms with Crippen LogP contribution in [0, 0.1) is 0 Å². The van der Waals surface area contributed by atoms with Crippen LogP contribution in [0.1, 0.15) is 6.42 Å². The number of aromatic nitrogens is 1. The van der Waals surface area contributed by atoms with E-state index in [1.807, 2.05) is 0 Å². The van der Waals surface area contributed by atoms with Gasteiger partial charge in [-0.05, 0) is 18.6 Å². The number of rotatable bonds is 5. The fourth-order valence-electron chi connectivity index (χ4n) is 2.33. The molecular formula is C13H15N3O6S. The van der Waals surface area contributed by atoms with Crippen LogP contribution in [-0.4, -0.2) is 50.6 Å². The minimum Gasteiger partial charge on any atom is -0.444 e. The maximum absolute atomic E-state index is 12.2. The Hall–Kier alpha value is -2.33. The molecule has 1 fully saturated rings. The predicted molar refractivity (Wildman–Crippen MR) is 79.5 cm³/mol. The van der Waals surface area contributed by atoms with Gasteiger partial charge in [0.1, 0.15) is 6.10 Å². The number of cyclic esters (lactones) is 1. The second-order valence-corrected chi connectivity index (χ2v) is 7.01. The maximum Gasteiger partial charge on any atom is 0.417 e. The van der Waals surface area contributed by atoms with Crippen LogP contribution < -0.4 is 10.5 Å². The number of carbonyl (C=O) groups is 1. The number of benzene rings is 1. The Kier molecular flexibility index (Phi) is 3.86. The standard InChI is InChI=1S/C13H15N3O6S/c1-16-7-8(21-13(16)18)4-5-14-23(19,20)9-2-3-10-11(6-9)22-12(17)15-10/h2-3,6,8,14H,4-5,7H2,1H3,(H,15,17). The molecule has 1 unspecified atom stereocenters. The van der Waals surface area contributed by atoms with Gasteiger partial charge in [0.15, 0.2) is 5.58 Å². The first-order valence-corrected chi connectivity index (χ1v) is 8.38. The van der Waals surface area contributed by atoms with E-state index >= 15 is 0 Å². The van der Waals surface area contributed by atoms with Crippen molar-refractivity contribution in [1.82, 2.24) is 14.6 Å². The summed E-state index contributed by atoms with van der Waals surface area (Å²) in [6, 6.07) is 4.11. The number of sulfonamides is 1. The molecule has 0 bridgehead atoms. The van der Waals surface area contributed by atoms with Crippen LogP contribution in [0.2, 0.25) is 0 Å². The molecule has 0 saturated carbocycles. The number of nitrogens with zero attached hydrogens (tertiary/aromatic N) is 1. The van der Waals surface area contributed by atoms with Gasteiger partial charge in [0.05, 0.1) is 17.0 Å². The molecule has 0 radical (unpaired) electrons. The van der Waals surface area contributed by atoms with Crippen molar-refractivity contribution in [2.75, 3.05) is 20.1 Å². The van der Waals surface area contributed by atoms with Gasteiger partial charge in [0.2, 0.25) is 10.0 Å². The number of aromatic amines is 1. The van der Waals surface area contributed by atoms with E-state index in [4.69, 9.17) is 9.15 Å². The Morgan fingerprint density at radius 3 is 2.87 bits per heavy atom. The Morgan fingerprint density at radius 2 is 2.17 bits per heavy atom. The van der Waals surface area contributed by atoms with E-state index in [1.165, 1.54) is 23.1 Å². The molecule has 2 heterocycles. The first kappa shape index (κ1) is 15.6. The van der Waals surface area contributed by atoms with E-state index in [0.29, 0.717) is 18.5 Å². The third-order valence-electron chi connectivity index (χ3n) is 3.52. The highest BCUT2D eigenvalue weighted by molar-refractivity contribution is 7.89. The van der Waals surface area contributed by atoms with Crippen LogP contribution >= 0.6 is 0 Å². The van der Waals surface area contributed by atoms with Crippen LogP contribution in [0.5, 0.6) is 0 Å². The lowest BCUT2D eigenvalue weighted by molar-refractivity contribution is 0.131. The van der Waals surface area contributed by atoms with Gasteiger partial charge in [-0.2, -0.15) is 0 Å². The fraction of sp³-hybridized carbons (Fsp3) is 0.385. The molecule has 2 aromatic rings. The normalized spacial score (nSPS) is 18.6. The van der Waals surface area contributed by atoms with Crippen molar-refractivity contribution in [3.8, 4) is 0 Å². The van der Waals surface area contributed by atoms with Gasteiger partial charge in [-0.25, -0.2) is 22.7 Å². The Morgan fingerprint density at radius 1 is 1.39 bits per heavy atom. The molecule has 3 rings (SSSR count). The molecule has 0 spiro atoms. The van der Waals surface area contributed by atoms with Crippen LogP contribution in [0.15, 0.2) is 32.3 Å². The number of nitrogens with one attached hydrogen (secondary N) is 2. The van der Waals surface area contributed by atoms with Gasteiger partial charge in [0, 0.05) is 19.7 Å². The molecule has 0 aliphatic carbocycles. The number of oxazole rings is 1. The topological polar surface area (TPSA) is 122 Å². The van der Waals surface area contributed by atoms with E-state index in [1.54, 1.807) is 7.05 Å². The van der Waals surface area contributed by atoms with Gasteiger partial charge < -0.3 is 14.1 Å². The zero-order valence-electron chi connectivity index (χ0n) is 12.2. The Bertz CT molecular complexity index is 900. The van der Waals surface area contributed by atoms with Gasteiger partial charge in [0.25, 0.3) is 0 Å².